The van der Waals surface area contributed by atoms with Crippen LogP contribution < -0.4 is 5.32 Å². The number of anilines is 1. The zero-order valence-electron chi connectivity index (χ0n) is 13.1. The van der Waals surface area contributed by atoms with E-state index in [2.05, 4.69) is 48.0 Å². The van der Waals surface area contributed by atoms with E-state index in [0.29, 0.717) is 23.8 Å². The highest BCUT2D eigenvalue weighted by molar-refractivity contribution is 6.02. The van der Waals surface area contributed by atoms with Crippen LogP contribution in [0.3, 0.4) is 0 Å². The molecule has 3 aromatic rings. The van der Waals surface area contributed by atoms with Gasteiger partial charge in [-0.1, -0.05) is 12.1 Å². The van der Waals surface area contributed by atoms with Crippen LogP contribution in [0.15, 0.2) is 24.4 Å². The van der Waals surface area contributed by atoms with Gasteiger partial charge in [-0.25, -0.2) is 4.98 Å². The fraction of sp³-hybridized carbons (Fsp3) is 0.333. The zero-order chi connectivity index (χ0) is 16.6. The molecule has 9 heteroatoms. The molecule has 0 spiro atoms. The quantitative estimate of drug-likeness (QED) is 0.648. The lowest BCUT2D eigenvalue weighted by atomic mass is 10.1. The normalized spacial score (nSPS) is 15.2. The summed E-state index contributed by atoms with van der Waals surface area (Å²) in [5, 5.41) is 23.6. The fourth-order valence-electron chi connectivity index (χ4n) is 2.48. The van der Waals surface area contributed by atoms with Crippen LogP contribution in [-0.4, -0.2) is 41.7 Å². The Morgan fingerprint density at radius 1 is 1.33 bits per heavy atom. The number of hydrogen-bond acceptors (Lipinski definition) is 6. The minimum Gasteiger partial charge on any atom is -0.305 e. The minimum absolute atomic E-state index is 0.147. The van der Waals surface area contributed by atoms with Gasteiger partial charge in [-0.05, 0) is 36.6 Å². The van der Waals surface area contributed by atoms with Gasteiger partial charge in [0.1, 0.15) is 5.82 Å². The second kappa shape index (κ2) is 5.52. The highest BCUT2D eigenvalue weighted by Crippen LogP contribution is 2.46. The molecule has 1 aliphatic rings. The van der Waals surface area contributed by atoms with Crippen molar-refractivity contribution in [3.63, 3.8) is 0 Å². The van der Waals surface area contributed by atoms with Crippen LogP contribution in [0, 0.1) is 0 Å². The lowest BCUT2D eigenvalue weighted by molar-refractivity contribution is 0.102. The second-order valence-corrected chi connectivity index (χ2v) is 6.24. The maximum Gasteiger partial charge on any atom is 0.277 e. The van der Waals surface area contributed by atoms with Crippen LogP contribution in [0.25, 0.3) is 0 Å². The number of carbonyl (C=O) groups excluding carboxylic acids is 1. The summed E-state index contributed by atoms with van der Waals surface area (Å²) in [5.74, 6) is 0.752. The van der Waals surface area contributed by atoms with Gasteiger partial charge in [0.2, 0.25) is 0 Å². The fourth-order valence-corrected chi connectivity index (χ4v) is 2.48. The Balaban J connectivity index is 1.46. The number of hydrogen-bond donors (Lipinski definition) is 3. The van der Waals surface area contributed by atoms with Crippen molar-refractivity contribution in [2.75, 3.05) is 5.32 Å². The second-order valence-electron chi connectivity index (χ2n) is 6.24. The van der Waals surface area contributed by atoms with Crippen molar-refractivity contribution >= 4 is 11.7 Å². The molecule has 0 unspecified atom stereocenters. The SMILES string of the molecule is CC1(c2cc(C(=O)Nc3cc(Cc4nn[nH]n4)ccn3)n[nH]2)CC1. The molecule has 3 heterocycles. The minimum atomic E-state index is -0.286. The predicted octanol–water partition coefficient (Wildman–Crippen LogP) is 1.21. The van der Waals surface area contributed by atoms with Crippen LogP contribution in [0.1, 0.15) is 47.3 Å². The van der Waals surface area contributed by atoms with E-state index in [9.17, 15) is 4.79 Å². The van der Waals surface area contributed by atoms with E-state index in [1.807, 2.05) is 12.1 Å². The third-order valence-electron chi connectivity index (χ3n) is 4.28. The molecule has 24 heavy (non-hydrogen) atoms. The van der Waals surface area contributed by atoms with Crippen molar-refractivity contribution < 1.29 is 4.79 Å². The molecule has 122 valence electrons. The van der Waals surface area contributed by atoms with Crippen LogP contribution in [-0.2, 0) is 11.8 Å². The summed E-state index contributed by atoms with van der Waals surface area (Å²) in [6.45, 7) is 2.16. The van der Waals surface area contributed by atoms with E-state index in [0.717, 1.165) is 24.1 Å². The highest BCUT2D eigenvalue weighted by atomic mass is 16.2. The van der Waals surface area contributed by atoms with E-state index in [4.69, 9.17) is 0 Å². The Labute approximate surface area is 137 Å². The molecule has 4 rings (SSSR count). The molecule has 0 saturated heterocycles. The van der Waals surface area contributed by atoms with Crippen molar-refractivity contribution in [2.45, 2.75) is 31.6 Å². The van der Waals surface area contributed by atoms with Crippen LogP contribution in [0.2, 0.25) is 0 Å². The van der Waals surface area contributed by atoms with Gasteiger partial charge in [-0.3, -0.25) is 9.89 Å². The largest absolute Gasteiger partial charge is 0.305 e. The number of carbonyl (C=O) groups is 1. The lowest BCUT2D eigenvalue weighted by Crippen LogP contribution is -2.13. The Bertz CT molecular complexity index is 865. The Kier molecular flexibility index (Phi) is 3.33. The summed E-state index contributed by atoms with van der Waals surface area (Å²) in [6.07, 6.45) is 4.38. The molecule has 9 nitrogen and oxygen atoms in total. The first-order chi connectivity index (χ1) is 11.6. The van der Waals surface area contributed by atoms with Crippen molar-refractivity contribution in [2.24, 2.45) is 0 Å². The van der Waals surface area contributed by atoms with Crippen molar-refractivity contribution in [1.29, 1.82) is 0 Å². The maximum atomic E-state index is 12.3. The number of tetrazole rings is 1. The number of amides is 1. The molecular weight excluding hydrogens is 308 g/mol. The number of nitrogens with zero attached hydrogens (tertiary/aromatic N) is 5. The summed E-state index contributed by atoms with van der Waals surface area (Å²) in [4.78, 5) is 16.5. The van der Waals surface area contributed by atoms with Gasteiger partial charge < -0.3 is 5.32 Å². The van der Waals surface area contributed by atoms with Gasteiger partial charge in [0.25, 0.3) is 5.91 Å². The number of pyridine rings is 1. The van der Waals surface area contributed by atoms with Gasteiger partial charge in [0.15, 0.2) is 11.5 Å². The van der Waals surface area contributed by atoms with Crippen molar-refractivity contribution in [1.82, 2.24) is 35.8 Å². The van der Waals surface area contributed by atoms with E-state index >= 15 is 0 Å². The molecule has 0 atom stereocenters. The number of aromatic amines is 2. The van der Waals surface area contributed by atoms with Gasteiger partial charge in [0.05, 0.1) is 0 Å². The first-order valence-electron chi connectivity index (χ1n) is 7.67. The van der Waals surface area contributed by atoms with Gasteiger partial charge in [-0.15, -0.1) is 10.2 Å². The summed E-state index contributed by atoms with van der Waals surface area (Å²) in [6, 6.07) is 5.43. The smallest absolute Gasteiger partial charge is 0.277 e. The average molecular weight is 324 g/mol. The van der Waals surface area contributed by atoms with Crippen LogP contribution in [0.5, 0.6) is 0 Å². The van der Waals surface area contributed by atoms with E-state index < -0.39 is 0 Å². The van der Waals surface area contributed by atoms with Gasteiger partial charge in [-0.2, -0.15) is 10.3 Å². The molecular formula is C15H16N8O. The molecule has 0 bridgehead atoms. The maximum absolute atomic E-state index is 12.3. The summed E-state index contributed by atoms with van der Waals surface area (Å²) in [5.41, 5.74) is 2.44. The van der Waals surface area contributed by atoms with E-state index in [1.54, 1.807) is 12.3 Å². The molecule has 1 aliphatic carbocycles. The summed E-state index contributed by atoms with van der Waals surface area (Å²) >= 11 is 0. The average Bonchev–Trinajstić information content (AvgIpc) is 2.99. The van der Waals surface area contributed by atoms with Crippen LogP contribution >= 0.6 is 0 Å². The third kappa shape index (κ3) is 2.87. The van der Waals surface area contributed by atoms with Gasteiger partial charge in [0, 0.05) is 23.7 Å². The topological polar surface area (TPSA) is 125 Å². The molecule has 1 saturated carbocycles. The number of H-pyrrole nitrogens is 2. The Morgan fingerprint density at radius 3 is 2.96 bits per heavy atom. The molecule has 1 amide bonds. The molecule has 3 N–H and O–H groups in total. The number of aromatic nitrogens is 7. The molecule has 0 aromatic carbocycles. The molecule has 0 radical (unpaired) electrons. The molecule has 3 aromatic heterocycles. The van der Waals surface area contributed by atoms with Crippen molar-refractivity contribution in [3.8, 4) is 0 Å². The van der Waals surface area contributed by atoms with E-state index in [-0.39, 0.29) is 11.3 Å². The number of rotatable bonds is 5. The van der Waals surface area contributed by atoms with E-state index in [1.165, 1.54) is 0 Å². The monoisotopic (exact) mass is 324 g/mol. The standard InChI is InChI=1S/C15H16N8O/c1-15(3-4-15)11-8-10(18-19-11)14(24)17-12-6-9(2-5-16-12)7-13-20-22-23-21-13/h2,5-6,8H,3-4,7H2,1H3,(H,18,19)(H,16,17,24)(H,20,21,22,23). The van der Waals surface area contributed by atoms with Gasteiger partial charge >= 0.3 is 0 Å². The molecule has 1 fully saturated rings. The van der Waals surface area contributed by atoms with Crippen molar-refractivity contribution in [3.05, 3.63) is 47.2 Å². The molecule has 0 aliphatic heterocycles. The van der Waals surface area contributed by atoms with Crippen LogP contribution in [0.4, 0.5) is 5.82 Å². The third-order valence-corrected chi connectivity index (χ3v) is 4.28. The highest BCUT2D eigenvalue weighted by Gasteiger charge is 2.41. The Morgan fingerprint density at radius 2 is 2.21 bits per heavy atom. The lowest BCUT2D eigenvalue weighted by Gasteiger charge is -2.04. The summed E-state index contributed by atoms with van der Waals surface area (Å²) in [7, 11) is 0. The number of nitrogens with one attached hydrogen (secondary N) is 3. The Hall–Kier alpha value is -3.10. The first kappa shape index (κ1) is 14.5. The predicted molar refractivity (Wildman–Crippen MR) is 84.3 cm³/mol. The zero-order valence-corrected chi connectivity index (χ0v) is 13.1. The first-order valence-corrected chi connectivity index (χ1v) is 7.67. The summed E-state index contributed by atoms with van der Waals surface area (Å²) < 4.78 is 0.